The number of hydrogen-bond donors (Lipinski definition) is 1. The smallest absolute Gasteiger partial charge is 0.306 e. The third-order valence-electron chi connectivity index (χ3n) is 3.26. The van der Waals surface area contributed by atoms with Gasteiger partial charge in [-0.2, -0.15) is 4.68 Å². The predicted molar refractivity (Wildman–Crippen MR) is 98.5 cm³/mol. The first-order chi connectivity index (χ1) is 11.6. The summed E-state index contributed by atoms with van der Waals surface area (Å²) in [6.07, 6.45) is 1.42. The van der Waals surface area contributed by atoms with Gasteiger partial charge < -0.3 is 5.32 Å². The van der Waals surface area contributed by atoms with Crippen LogP contribution in [0.15, 0.2) is 64.9 Å². The monoisotopic (exact) mass is 356 g/mol. The second kappa shape index (κ2) is 7.55. The Bertz CT molecular complexity index is 849. The van der Waals surface area contributed by atoms with Gasteiger partial charge in [-0.1, -0.05) is 35.9 Å². The van der Waals surface area contributed by atoms with Crippen LogP contribution in [0.3, 0.4) is 0 Å². The van der Waals surface area contributed by atoms with Crippen LogP contribution >= 0.6 is 21.6 Å². The maximum atomic E-state index is 12.3. The molecule has 0 saturated carbocycles. The van der Waals surface area contributed by atoms with Crippen LogP contribution in [-0.2, 0) is 0 Å². The SMILES string of the molecule is Cc1ccc(NC(=O)n2cnc(SSc3ccccc3)n2)c(C)c1. The van der Waals surface area contributed by atoms with Crippen molar-refractivity contribution in [3.8, 4) is 0 Å². The summed E-state index contributed by atoms with van der Waals surface area (Å²) < 4.78 is 1.22. The van der Waals surface area contributed by atoms with Crippen molar-refractivity contribution in [3.63, 3.8) is 0 Å². The highest BCUT2D eigenvalue weighted by Crippen LogP contribution is 2.34. The van der Waals surface area contributed by atoms with Gasteiger partial charge in [0.15, 0.2) is 0 Å². The fourth-order valence-corrected chi connectivity index (χ4v) is 3.80. The summed E-state index contributed by atoms with van der Waals surface area (Å²) >= 11 is 0. The van der Waals surface area contributed by atoms with Crippen molar-refractivity contribution in [3.05, 3.63) is 66.0 Å². The zero-order valence-electron chi connectivity index (χ0n) is 13.3. The van der Waals surface area contributed by atoms with Crippen molar-refractivity contribution in [2.24, 2.45) is 0 Å². The average Bonchev–Trinajstić information content (AvgIpc) is 3.05. The van der Waals surface area contributed by atoms with Crippen LogP contribution in [0.25, 0.3) is 0 Å². The summed E-state index contributed by atoms with van der Waals surface area (Å²) in [6.45, 7) is 3.98. The maximum absolute atomic E-state index is 12.3. The highest BCUT2D eigenvalue weighted by Gasteiger charge is 2.11. The molecule has 3 rings (SSSR count). The number of benzene rings is 2. The van der Waals surface area contributed by atoms with Crippen molar-refractivity contribution in [2.75, 3.05) is 5.32 Å². The number of aryl methyl sites for hydroxylation is 2. The largest absolute Gasteiger partial charge is 0.348 e. The Morgan fingerprint density at radius 3 is 2.62 bits per heavy atom. The summed E-state index contributed by atoms with van der Waals surface area (Å²) in [5.74, 6) is 0. The quantitative estimate of drug-likeness (QED) is 0.682. The molecule has 1 amide bonds. The minimum atomic E-state index is -0.328. The fraction of sp³-hybridized carbons (Fsp3) is 0.118. The van der Waals surface area contributed by atoms with Crippen LogP contribution in [-0.4, -0.2) is 20.8 Å². The summed E-state index contributed by atoms with van der Waals surface area (Å²) in [6, 6.07) is 15.5. The molecule has 0 aliphatic rings. The van der Waals surface area contributed by atoms with Crippen LogP contribution in [0.4, 0.5) is 10.5 Å². The van der Waals surface area contributed by atoms with E-state index >= 15 is 0 Å². The van der Waals surface area contributed by atoms with Crippen molar-refractivity contribution in [1.29, 1.82) is 0 Å². The van der Waals surface area contributed by atoms with E-state index in [2.05, 4.69) is 15.4 Å². The van der Waals surface area contributed by atoms with Gasteiger partial charge in [-0.15, -0.1) is 5.10 Å². The van der Waals surface area contributed by atoms with Gasteiger partial charge in [-0.05, 0) is 59.2 Å². The van der Waals surface area contributed by atoms with E-state index in [0.717, 1.165) is 21.7 Å². The Morgan fingerprint density at radius 2 is 1.88 bits per heavy atom. The molecule has 0 aliphatic heterocycles. The van der Waals surface area contributed by atoms with Crippen molar-refractivity contribution in [2.45, 2.75) is 23.9 Å². The van der Waals surface area contributed by atoms with E-state index < -0.39 is 0 Å². The molecule has 122 valence electrons. The molecule has 24 heavy (non-hydrogen) atoms. The molecule has 3 aromatic rings. The molecule has 0 aliphatic carbocycles. The normalized spacial score (nSPS) is 10.6. The summed E-state index contributed by atoms with van der Waals surface area (Å²) in [7, 11) is 2.97. The molecule has 1 heterocycles. The van der Waals surface area contributed by atoms with Gasteiger partial charge >= 0.3 is 6.03 Å². The highest BCUT2D eigenvalue weighted by molar-refractivity contribution is 8.76. The van der Waals surface area contributed by atoms with Crippen LogP contribution in [0.2, 0.25) is 0 Å². The molecule has 0 unspecified atom stereocenters. The van der Waals surface area contributed by atoms with Gasteiger partial charge in [-0.3, -0.25) is 0 Å². The number of amides is 1. The summed E-state index contributed by atoms with van der Waals surface area (Å²) in [4.78, 5) is 17.5. The molecular weight excluding hydrogens is 340 g/mol. The van der Waals surface area contributed by atoms with E-state index in [1.54, 1.807) is 10.8 Å². The second-order valence-electron chi connectivity index (χ2n) is 5.20. The van der Waals surface area contributed by atoms with Gasteiger partial charge in [0.2, 0.25) is 5.16 Å². The van der Waals surface area contributed by atoms with E-state index in [-0.39, 0.29) is 6.03 Å². The van der Waals surface area contributed by atoms with Gasteiger partial charge in [0.25, 0.3) is 0 Å². The second-order valence-corrected chi connectivity index (χ2v) is 7.37. The lowest BCUT2D eigenvalue weighted by molar-refractivity contribution is 0.250. The predicted octanol–water partition coefficient (Wildman–Crippen LogP) is 4.77. The number of aromatic nitrogens is 3. The Hall–Kier alpha value is -2.25. The van der Waals surface area contributed by atoms with E-state index in [1.807, 2.05) is 62.4 Å². The zero-order chi connectivity index (χ0) is 16.9. The molecule has 7 heteroatoms. The fourth-order valence-electron chi connectivity index (χ4n) is 2.07. The average molecular weight is 356 g/mol. The molecule has 1 N–H and O–H groups in total. The Kier molecular flexibility index (Phi) is 5.22. The minimum absolute atomic E-state index is 0.328. The standard InChI is InChI=1S/C17H16N4OS2/c1-12-8-9-15(13(2)10-12)19-17(22)21-11-18-16(20-21)24-23-14-6-4-3-5-7-14/h3-11H,1-2H3,(H,19,22). The van der Waals surface area contributed by atoms with E-state index in [9.17, 15) is 4.79 Å². The van der Waals surface area contributed by atoms with Crippen LogP contribution in [0.1, 0.15) is 11.1 Å². The van der Waals surface area contributed by atoms with Crippen molar-refractivity contribution in [1.82, 2.24) is 14.8 Å². The lowest BCUT2D eigenvalue weighted by Gasteiger charge is -2.08. The first-order valence-corrected chi connectivity index (χ1v) is 9.46. The van der Waals surface area contributed by atoms with Crippen molar-refractivity contribution >= 4 is 33.3 Å². The third kappa shape index (κ3) is 4.18. The maximum Gasteiger partial charge on any atom is 0.348 e. The molecule has 0 spiro atoms. The minimum Gasteiger partial charge on any atom is -0.306 e. The molecule has 1 aromatic heterocycles. The van der Waals surface area contributed by atoms with Crippen LogP contribution < -0.4 is 5.32 Å². The molecule has 0 fully saturated rings. The van der Waals surface area contributed by atoms with Gasteiger partial charge in [-0.25, -0.2) is 9.78 Å². The Morgan fingerprint density at radius 1 is 1.08 bits per heavy atom. The molecule has 0 atom stereocenters. The van der Waals surface area contributed by atoms with E-state index in [4.69, 9.17) is 0 Å². The molecular formula is C17H16N4OS2. The number of nitrogens with zero attached hydrogens (tertiary/aromatic N) is 3. The molecule has 0 radical (unpaired) electrons. The topological polar surface area (TPSA) is 59.8 Å². The lowest BCUT2D eigenvalue weighted by Crippen LogP contribution is -2.20. The van der Waals surface area contributed by atoms with Crippen LogP contribution in [0.5, 0.6) is 0 Å². The van der Waals surface area contributed by atoms with Gasteiger partial charge in [0.05, 0.1) is 0 Å². The number of anilines is 1. The summed E-state index contributed by atoms with van der Waals surface area (Å²) in [5, 5.41) is 7.59. The number of hydrogen-bond acceptors (Lipinski definition) is 5. The zero-order valence-corrected chi connectivity index (χ0v) is 14.9. The van der Waals surface area contributed by atoms with E-state index in [0.29, 0.717) is 5.16 Å². The number of carbonyl (C=O) groups excluding carboxylic acids is 1. The Balaban J connectivity index is 1.63. The lowest BCUT2D eigenvalue weighted by atomic mass is 10.1. The van der Waals surface area contributed by atoms with Gasteiger partial charge in [0, 0.05) is 10.6 Å². The highest BCUT2D eigenvalue weighted by atomic mass is 33.1. The van der Waals surface area contributed by atoms with Crippen LogP contribution in [0, 0.1) is 13.8 Å². The van der Waals surface area contributed by atoms with Crippen molar-refractivity contribution < 1.29 is 4.79 Å². The molecule has 0 bridgehead atoms. The van der Waals surface area contributed by atoms with E-state index in [1.165, 1.54) is 21.8 Å². The molecule has 2 aromatic carbocycles. The molecule has 5 nitrogen and oxygen atoms in total. The first-order valence-electron chi connectivity index (χ1n) is 7.31. The first kappa shape index (κ1) is 16.6. The number of nitrogens with one attached hydrogen (secondary N) is 1. The summed E-state index contributed by atoms with van der Waals surface area (Å²) in [5.41, 5.74) is 2.94. The van der Waals surface area contributed by atoms with Gasteiger partial charge in [0.1, 0.15) is 6.33 Å². The number of carbonyl (C=O) groups is 1. The number of rotatable bonds is 4. The molecule has 0 saturated heterocycles. The third-order valence-corrected chi connectivity index (χ3v) is 5.42. The Labute approximate surface area is 148 Å².